The number of H-pyrrole nitrogens is 1. The number of aromatic nitrogens is 2. The molecular weight excluding hydrogens is 234 g/mol. The molecule has 0 spiro atoms. The lowest BCUT2D eigenvalue weighted by molar-refractivity contribution is 0.279. The molecule has 4 N–H and O–H groups in total. The Labute approximate surface area is 105 Å². The summed E-state index contributed by atoms with van der Waals surface area (Å²) in [5.74, 6) is 0.763. The number of aliphatic hydroxyl groups excluding tert-OH is 1. The fraction of sp³-hybridized carbons (Fsp3) is 0.417. The summed E-state index contributed by atoms with van der Waals surface area (Å²) < 4.78 is 0. The minimum atomic E-state index is 0.0138. The van der Waals surface area contributed by atoms with Crippen molar-refractivity contribution in [3.05, 3.63) is 23.8 Å². The van der Waals surface area contributed by atoms with Crippen LogP contribution in [-0.4, -0.2) is 33.5 Å². The number of nitrogens with two attached hydrogens (primary N) is 1. The summed E-state index contributed by atoms with van der Waals surface area (Å²) >= 11 is 1.60. The van der Waals surface area contributed by atoms with Crippen LogP contribution >= 0.6 is 11.8 Å². The molecule has 0 aliphatic rings. The number of nitrogens with zero attached hydrogens (tertiary/aromatic N) is 1. The lowest BCUT2D eigenvalue weighted by atomic mass is 10.2. The van der Waals surface area contributed by atoms with E-state index in [1.165, 1.54) is 5.56 Å². The molecule has 1 aromatic carbocycles. The summed E-state index contributed by atoms with van der Waals surface area (Å²) in [4.78, 5) is 7.74. The Morgan fingerprint density at radius 2 is 2.35 bits per heavy atom. The van der Waals surface area contributed by atoms with Gasteiger partial charge in [0, 0.05) is 18.4 Å². The highest BCUT2D eigenvalue weighted by Gasteiger charge is 2.06. The quantitative estimate of drug-likeness (QED) is 0.707. The third-order valence-electron chi connectivity index (χ3n) is 2.55. The maximum atomic E-state index is 8.77. The molecule has 0 fully saturated rings. The molecule has 4 nitrogen and oxygen atoms in total. The van der Waals surface area contributed by atoms with Crippen LogP contribution in [0, 0.1) is 6.92 Å². The van der Waals surface area contributed by atoms with Gasteiger partial charge in [-0.15, -0.1) is 0 Å². The van der Waals surface area contributed by atoms with E-state index in [4.69, 9.17) is 10.8 Å². The van der Waals surface area contributed by atoms with Gasteiger partial charge in [0.15, 0.2) is 5.16 Å². The van der Waals surface area contributed by atoms with E-state index in [-0.39, 0.29) is 12.6 Å². The van der Waals surface area contributed by atoms with Gasteiger partial charge < -0.3 is 15.8 Å². The molecule has 0 aliphatic heterocycles. The van der Waals surface area contributed by atoms with E-state index in [1.54, 1.807) is 11.8 Å². The predicted molar refractivity (Wildman–Crippen MR) is 71.2 cm³/mol. The Balaban J connectivity index is 2.04. The van der Waals surface area contributed by atoms with Gasteiger partial charge in [-0.2, -0.15) is 0 Å². The van der Waals surface area contributed by atoms with Gasteiger partial charge in [-0.3, -0.25) is 0 Å². The van der Waals surface area contributed by atoms with Gasteiger partial charge >= 0.3 is 0 Å². The van der Waals surface area contributed by atoms with Crippen LogP contribution in [0.3, 0.4) is 0 Å². The van der Waals surface area contributed by atoms with Crippen molar-refractivity contribution in [2.24, 2.45) is 5.73 Å². The van der Waals surface area contributed by atoms with Crippen LogP contribution in [-0.2, 0) is 0 Å². The van der Waals surface area contributed by atoms with Gasteiger partial charge in [-0.05, 0) is 31.0 Å². The Bertz CT molecular complexity index is 497. The van der Waals surface area contributed by atoms with Crippen molar-refractivity contribution in [1.82, 2.24) is 9.97 Å². The minimum absolute atomic E-state index is 0.0138. The second-order valence-electron chi connectivity index (χ2n) is 4.15. The maximum Gasteiger partial charge on any atom is 0.166 e. The van der Waals surface area contributed by atoms with Crippen molar-refractivity contribution in [3.63, 3.8) is 0 Å². The number of aromatic amines is 1. The molecule has 0 saturated heterocycles. The van der Waals surface area contributed by atoms with Crippen molar-refractivity contribution in [1.29, 1.82) is 0 Å². The number of hydrogen-bond acceptors (Lipinski definition) is 4. The first kappa shape index (κ1) is 12.4. The number of rotatable bonds is 5. The molecule has 0 amide bonds. The van der Waals surface area contributed by atoms with E-state index in [2.05, 4.69) is 29.0 Å². The van der Waals surface area contributed by atoms with E-state index in [0.29, 0.717) is 6.42 Å². The number of benzene rings is 1. The van der Waals surface area contributed by atoms with Crippen molar-refractivity contribution in [2.45, 2.75) is 24.5 Å². The molecule has 92 valence electrons. The zero-order valence-corrected chi connectivity index (χ0v) is 10.6. The molecule has 1 atom stereocenters. The van der Waals surface area contributed by atoms with Crippen LogP contribution in [0.15, 0.2) is 23.4 Å². The van der Waals surface area contributed by atoms with Crippen molar-refractivity contribution < 1.29 is 5.11 Å². The topological polar surface area (TPSA) is 74.9 Å². The number of thioether (sulfide) groups is 1. The smallest absolute Gasteiger partial charge is 0.166 e. The fourth-order valence-corrected chi connectivity index (χ4v) is 2.49. The van der Waals surface area contributed by atoms with Crippen LogP contribution in [0.1, 0.15) is 12.0 Å². The largest absolute Gasteiger partial charge is 0.396 e. The number of aliphatic hydroxyl groups is 1. The van der Waals surface area contributed by atoms with E-state index in [0.717, 1.165) is 21.9 Å². The van der Waals surface area contributed by atoms with Gasteiger partial charge in [0.1, 0.15) is 0 Å². The average molecular weight is 251 g/mol. The number of imidazole rings is 1. The molecule has 0 aliphatic carbocycles. The van der Waals surface area contributed by atoms with E-state index in [9.17, 15) is 0 Å². The van der Waals surface area contributed by atoms with Gasteiger partial charge in [0.25, 0.3) is 0 Å². The molecule has 1 heterocycles. The summed E-state index contributed by atoms with van der Waals surface area (Å²) in [6.45, 7) is 2.20. The highest BCUT2D eigenvalue weighted by molar-refractivity contribution is 7.99. The van der Waals surface area contributed by atoms with Crippen molar-refractivity contribution in [3.8, 4) is 0 Å². The molecule has 5 heteroatoms. The van der Waals surface area contributed by atoms with E-state index in [1.807, 2.05) is 6.07 Å². The molecule has 2 rings (SSSR count). The maximum absolute atomic E-state index is 8.77. The molecule has 0 saturated carbocycles. The SMILES string of the molecule is Cc1ccc2nc(SCC(N)CCO)[nH]c2c1. The van der Waals surface area contributed by atoms with Crippen LogP contribution in [0.4, 0.5) is 0 Å². The highest BCUT2D eigenvalue weighted by atomic mass is 32.2. The monoisotopic (exact) mass is 251 g/mol. The van der Waals surface area contributed by atoms with Gasteiger partial charge in [0.05, 0.1) is 11.0 Å². The van der Waals surface area contributed by atoms with Crippen LogP contribution in [0.2, 0.25) is 0 Å². The highest BCUT2D eigenvalue weighted by Crippen LogP contribution is 2.20. The molecule has 1 aromatic heterocycles. The molecular formula is C12H17N3OS. The second-order valence-corrected chi connectivity index (χ2v) is 5.15. The van der Waals surface area contributed by atoms with Gasteiger partial charge in [-0.25, -0.2) is 4.98 Å². The summed E-state index contributed by atoms with van der Waals surface area (Å²) in [6.07, 6.45) is 0.631. The lowest BCUT2D eigenvalue weighted by Gasteiger charge is -2.06. The standard InChI is InChI=1S/C12H17N3OS/c1-8-2-3-10-11(6-8)15-12(14-10)17-7-9(13)4-5-16/h2-3,6,9,16H,4-5,7,13H2,1H3,(H,14,15). The Morgan fingerprint density at radius 3 is 3.12 bits per heavy atom. The number of nitrogens with one attached hydrogen (secondary N) is 1. The molecule has 0 bridgehead atoms. The second kappa shape index (κ2) is 5.53. The summed E-state index contributed by atoms with van der Waals surface area (Å²) in [5.41, 5.74) is 9.08. The minimum Gasteiger partial charge on any atom is -0.396 e. The van der Waals surface area contributed by atoms with Crippen molar-refractivity contribution in [2.75, 3.05) is 12.4 Å². The first-order chi connectivity index (χ1) is 8.19. The third-order valence-corrected chi connectivity index (χ3v) is 3.61. The number of aryl methyl sites for hydroxylation is 1. The first-order valence-corrected chi connectivity index (χ1v) is 6.63. The summed E-state index contributed by atoms with van der Waals surface area (Å²) in [6, 6.07) is 6.16. The van der Waals surface area contributed by atoms with Crippen molar-refractivity contribution >= 4 is 22.8 Å². The number of hydrogen-bond donors (Lipinski definition) is 3. The normalized spacial score (nSPS) is 13.1. The predicted octanol–water partition coefficient (Wildman–Crippen LogP) is 1.67. The molecule has 2 aromatic rings. The first-order valence-electron chi connectivity index (χ1n) is 5.64. The molecule has 1 unspecified atom stereocenters. The van der Waals surface area contributed by atoms with Gasteiger partial charge in [0.2, 0.25) is 0 Å². The van der Waals surface area contributed by atoms with Crippen LogP contribution in [0.5, 0.6) is 0 Å². The van der Waals surface area contributed by atoms with Gasteiger partial charge in [-0.1, -0.05) is 17.8 Å². The molecule has 0 radical (unpaired) electrons. The Morgan fingerprint density at radius 1 is 1.53 bits per heavy atom. The Kier molecular flexibility index (Phi) is 4.04. The summed E-state index contributed by atoms with van der Waals surface area (Å²) in [5, 5.41) is 9.65. The van der Waals surface area contributed by atoms with Crippen LogP contribution in [0.25, 0.3) is 11.0 Å². The number of fused-ring (bicyclic) bond motifs is 1. The fourth-order valence-electron chi connectivity index (χ4n) is 1.60. The van der Waals surface area contributed by atoms with Crippen LogP contribution < -0.4 is 5.73 Å². The van der Waals surface area contributed by atoms with E-state index >= 15 is 0 Å². The zero-order chi connectivity index (χ0) is 12.3. The average Bonchev–Trinajstić information content (AvgIpc) is 2.68. The summed E-state index contributed by atoms with van der Waals surface area (Å²) in [7, 11) is 0. The third kappa shape index (κ3) is 3.21. The zero-order valence-electron chi connectivity index (χ0n) is 9.81. The lowest BCUT2D eigenvalue weighted by Crippen LogP contribution is -2.23. The molecule has 17 heavy (non-hydrogen) atoms. The van der Waals surface area contributed by atoms with E-state index < -0.39 is 0 Å². The Hall–Kier alpha value is -1.04.